The first-order chi connectivity index (χ1) is 13.5. The number of carbonyl (C=O) groups excluding carboxylic acids is 1. The predicted octanol–water partition coefficient (Wildman–Crippen LogP) is 3.82. The lowest BCUT2D eigenvalue weighted by Crippen LogP contribution is -2.28. The smallest absolute Gasteiger partial charge is 0.262 e. The molecular weight excluding hydrogens is 398 g/mol. The molecule has 8 heteroatoms. The number of hydrogen-bond donors (Lipinski definition) is 1. The van der Waals surface area contributed by atoms with Gasteiger partial charge in [0.25, 0.3) is 5.56 Å². The zero-order valence-electron chi connectivity index (χ0n) is 15.5. The molecule has 146 valence electrons. The molecule has 0 saturated carbocycles. The van der Waals surface area contributed by atoms with E-state index < -0.39 is 5.25 Å². The molecular formula is C20H20ClN3O3S. The van der Waals surface area contributed by atoms with Crippen LogP contribution in [0.25, 0.3) is 10.9 Å². The number of nitrogens with one attached hydrogen (secondary N) is 1. The molecule has 3 aromatic rings. The lowest BCUT2D eigenvalue weighted by molar-refractivity contribution is -0.115. The Labute approximate surface area is 171 Å². The molecule has 1 aromatic heterocycles. The van der Waals surface area contributed by atoms with Crippen LogP contribution in [-0.4, -0.2) is 34.4 Å². The van der Waals surface area contributed by atoms with Crippen molar-refractivity contribution >= 4 is 45.9 Å². The van der Waals surface area contributed by atoms with E-state index in [1.165, 1.54) is 11.8 Å². The standard InChI is InChI=1S/C20H20ClN3O3S/c1-13(18(25)22-17-10-6-4-8-15(17)21)28-20-23-16-9-5-3-7-14(16)19(26)24(20)11-12-27-2/h3-10,13H,11-12H2,1-2H3,(H,22,25)/t13-/m0/s1. The molecule has 0 aliphatic rings. The maximum Gasteiger partial charge on any atom is 0.262 e. The Morgan fingerprint density at radius 3 is 2.71 bits per heavy atom. The second-order valence-corrected chi connectivity index (χ2v) is 7.81. The number of thioether (sulfide) groups is 1. The van der Waals surface area contributed by atoms with E-state index >= 15 is 0 Å². The zero-order chi connectivity index (χ0) is 20.1. The summed E-state index contributed by atoms with van der Waals surface area (Å²) in [6, 6.07) is 14.2. The first-order valence-corrected chi connectivity index (χ1v) is 9.97. The molecule has 0 unspecified atom stereocenters. The summed E-state index contributed by atoms with van der Waals surface area (Å²) in [5, 5.41) is 3.80. The average Bonchev–Trinajstić information content (AvgIpc) is 2.69. The Hall–Kier alpha value is -2.35. The van der Waals surface area contributed by atoms with Crippen LogP contribution in [0.15, 0.2) is 58.5 Å². The summed E-state index contributed by atoms with van der Waals surface area (Å²) in [4.78, 5) is 30.1. The SMILES string of the molecule is COCCn1c(S[C@@H](C)C(=O)Nc2ccccc2Cl)nc2ccccc2c1=O. The summed E-state index contributed by atoms with van der Waals surface area (Å²) < 4.78 is 6.67. The van der Waals surface area contributed by atoms with Gasteiger partial charge in [-0.3, -0.25) is 14.2 Å². The summed E-state index contributed by atoms with van der Waals surface area (Å²) in [6.45, 7) is 2.49. The van der Waals surface area contributed by atoms with Crippen molar-refractivity contribution in [3.05, 3.63) is 63.9 Å². The third-order valence-electron chi connectivity index (χ3n) is 4.13. The van der Waals surface area contributed by atoms with Crippen molar-refractivity contribution in [1.29, 1.82) is 0 Å². The normalized spacial score (nSPS) is 12.1. The van der Waals surface area contributed by atoms with Gasteiger partial charge in [0.15, 0.2) is 5.16 Å². The van der Waals surface area contributed by atoms with Gasteiger partial charge in [0.1, 0.15) is 0 Å². The number of carbonyl (C=O) groups is 1. The van der Waals surface area contributed by atoms with E-state index in [-0.39, 0.29) is 11.5 Å². The van der Waals surface area contributed by atoms with Crippen molar-refractivity contribution in [1.82, 2.24) is 9.55 Å². The molecule has 0 fully saturated rings. The summed E-state index contributed by atoms with van der Waals surface area (Å²) in [6.07, 6.45) is 0. The van der Waals surface area contributed by atoms with E-state index in [4.69, 9.17) is 16.3 Å². The zero-order valence-corrected chi connectivity index (χ0v) is 17.1. The van der Waals surface area contributed by atoms with Crippen LogP contribution in [0.5, 0.6) is 0 Å². The van der Waals surface area contributed by atoms with Gasteiger partial charge in [0.05, 0.1) is 40.0 Å². The molecule has 0 bridgehead atoms. The molecule has 1 amide bonds. The minimum absolute atomic E-state index is 0.149. The topological polar surface area (TPSA) is 73.2 Å². The number of fused-ring (bicyclic) bond motifs is 1. The summed E-state index contributed by atoms with van der Waals surface area (Å²) in [7, 11) is 1.58. The maximum absolute atomic E-state index is 12.9. The maximum atomic E-state index is 12.9. The number of hydrogen-bond acceptors (Lipinski definition) is 5. The van der Waals surface area contributed by atoms with E-state index in [0.29, 0.717) is 39.9 Å². The van der Waals surface area contributed by atoms with Crippen LogP contribution in [0.4, 0.5) is 5.69 Å². The van der Waals surface area contributed by atoms with Gasteiger partial charge in [-0.2, -0.15) is 0 Å². The van der Waals surface area contributed by atoms with Gasteiger partial charge in [-0.1, -0.05) is 47.6 Å². The van der Waals surface area contributed by atoms with Gasteiger partial charge in [-0.25, -0.2) is 4.98 Å². The number of ether oxygens (including phenoxy) is 1. The molecule has 0 spiro atoms. The second-order valence-electron chi connectivity index (χ2n) is 6.09. The van der Waals surface area contributed by atoms with Gasteiger partial charge in [0, 0.05) is 7.11 Å². The summed E-state index contributed by atoms with van der Waals surface area (Å²) >= 11 is 7.33. The number of amides is 1. The molecule has 0 saturated heterocycles. The number of aromatic nitrogens is 2. The summed E-state index contributed by atoms with van der Waals surface area (Å²) in [5.41, 5.74) is 0.996. The Bertz CT molecular complexity index is 1050. The van der Waals surface area contributed by atoms with Crippen molar-refractivity contribution in [2.45, 2.75) is 23.9 Å². The van der Waals surface area contributed by atoms with Crippen LogP contribution < -0.4 is 10.9 Å². The van der Waals surface area contributed by atoms with Crippen LogP contribution in [0.1, 0.15) is 6.92 Å². The molecule has 3 rings (SSSR count). The second kappa shape index (κ2) is 9.23. The number of methoxy groups -OCH3 is 1. The first-order valence-electron chi connectivity index (χ1n) is 8.72. The molecule has 0 aliphatic carbocycles. The Kier molecular flexibility index (Phi) is 6.72. The fourth-order valence-corrected chi connectivity index (χ4v) is 3.74. The number of para-hydroxylation sites is 2. The van der Waals surface area contributed by atoms with Crippen LogP contribution in [-0.2, 0) is 16.1 Å². The van der Waals surface area contributed by atoms with E-state index in [1.54, 1.807) is 61.1 Å². The van der Waals surface area contributed by atoms with Gasteiger partial charge in [-0.05, 0) is 31.2 Å². The highest BCUT2D eigenvalue weighted by Crippen LogP contribution is 2.25. The number of nitrogens with zero attached hydrogens (tertiary/aromatic N) is 2. The van der Waals surface area contributed by atoms with Crippen LogP contribution in [0.2, 0.25) is 5.02 Å². The van der Waals surface area contributed by atoms with Gasteiger partial charge >= 0.3 is 0 Å². The quantitative estimate of drug-likeness (QED) is 0.467. The van der Waals surface area contributed by atoms with E-state index in [9.17, 15) is 9.59 Å². The summed E-state index contributed by atoms with van der Waals surface area (Å²) in [5.74, 6) is -0.223. The highest BCUT2D eigenvalue weighted by molar-refractivity contribution is 8.00. The fraction of sp³-hybridized carbons (Fsp3) is 0.250. The highest BCUT2D eigenvalue weighted by Gasteiger charge is 2.20. The first kappa shape index (κ1) is 20.4. The number of halogens is 1. The minimum Gasteiger partial charge on any atom is -0.383 e. The molecule has 6 nitrogen and oxygen atoms in total. The molecule has 2 aromatic carbocycles. The molecule has 1 heterocycles. The third-order valence-corrected chi connectivity index (χ3v) is 5.55. The van der Waals surface area contributed by atoms with Crippen molar-refractivity contribution < 1.29 is 9.53 Å². The van der Waals surface area contributed by atoms with Gasteiger partial charge in [0.2, 0.25) is 5.91 Å². The van der Waals surface area contributed by atoms with E-state index in [1.807, 2.05) is 6.07 Å². The molecule has 0 aliphatic heterocycles. The molecule has 0 radical (unpaired) electrons. The number of anilines is 1. The molecule has 28 heavy (non-hydrogen) atoms. The van der Waals surface area contributed by atoms with Crippen molar-refractivity contribution in [3.63, 3.8) is 0 Å². The average molecular weight is 418 g/mol. The van der Waals surface area contributed by atoms with Crippen molar-refractivity contribution in [2.24, 2.45) is 0 Å². The van der Waals surface area contributed by atoms with E-state index in [2.05, 4.69) is 10.3 Å². The van der Waals surface area contributed by atoms with Crippen molar-refractivity contribution in [2.75, 3.05) is 19.0 Å². The Morgan fingerprint density at radius 2 is 1.96 bits per heavy atom. The molecule has 1 atom stereocenters. The predicted molar refractivity (Wildman–Crippen MR) is 113 cm³/mol. The molecule has 1 N–H and O–H groups in total. The van der Waals surface area contributed by atoms with Crippen LogP contribution in [0.3, 0.4) is 0 Å². The Balaban J connectivity index is 1.88. The fourth-order valence-electron chi connectivity index (χ4n) is 2.63. The number of benzene rings is 2. The lowest BCUT2D eigenvalue weighted by Gasteiger charge is -2.16. The number of rotatable bonds is 7. The van der Waals surface area contributed by atoms with Gasteiger partial charge in [-0.15, -0.1) is 0 Å². The van der Waals surface area contributed by atoms with Crippen LogP contribution in [0, 0.1) is 0 Å². The van der Waals surface area contributed by atoms with Gasteiger partial charge < -0.3 is 10.1 Å². The monoisotopic (exact) mass is 417 g/mol. The third kappa shape index (κ3) is 4.55. The highest BCUT2D eigenvalue weighted by atomic mass is 35.5. The largest absolute Gasteiger partial charge is 0.383 e. The van der Waals surface area contributed by atoms with E-state index in [0.717, 1.165) is 0 Å². The minimum atomic E-state index is -0.488. The Morgan fingerprint density at radius 1 is 1.25 bits per heavy atom. The lowest BCUT2D eigenvalue weighted by atomic mass is 10.2. The van der Waals surface area contributed by atoms with Crippen LogP contribution >= 0.6 is 23.4 Å². The van der Waals surface area contributed by atoms with Crippen molar-refractivity contribution in [3.8, 4) is 0 Å².